The average molecular weight is 375 g/mol. The number of benzene rings is 1. The summed E-state index contributed by atoms with van der Waals surface area (Å²) >= 11 is 0. The summed E-state index contributed by atoms with van der Waals surface area (Å²) in [6.07, 6.45) is 4.83. The topological polar surface area (TPSA) is 53.3 Å². The molecular weight excluding hydrogens is 343 g/mol. The van der Waals surface area contributed by atoms with Crippen LogP contribution in [-0.4, -0.2) is 45.0 Å². The van der Waals surface area contributed by atoms with Crippen LogP contribution in [0.3, 0.4) is 0 Å². The SMILES string of the molecule is CCC1(O)CCCN(CCn2cc(CNCc3ccccc3F)c(C)n2)C1. The van der Waals surface area contributed by atoms with Crippen molar-refractivity contribution in [3.63, 3.8) is 0 Å². The third kappa shape index (κ3) is 5.37. The van der Waals surface area contributed by atoms with Gasteiger partial charge in [0.15, 0.2) is 0 Å². The molecule has 0 bridgehead atoms. The minimum atomic E-state index is -0.528. The maximum absolute atomic E-state index is 13.7. The van der Waals surface area contributed by atoms with Crippen LogP contribution < -0.4 is 5.32 Å². The minimum absolute atomic E-state index is 0.175. The van der Waals surface area contributed by atoms with E-state index in [4.69, 9.17) is 0 Å². The number of nitrogens with zero attached hydrogens (tertiary/aromatic N) is 3. The van der Waals surface area contributed by atoms with Gasteiger partial charge in [-0.2, -0.15) is 5.10 Å². The van der Waals surface area contributed by atoms with E-state index in [2.05, 4.69) is 28.4 Å². The summed E-state index contributed by atoms with van der Waals surface area (Å²) in [4.78, 5) is 2.33. The van der Waals surface area contributed by atoms with Crippen molar-refractivity contribution in [3.05, 3.63) is 53.1 Å². The molecule has 1 unspecified atom stereocenters. The van der Waals surface area contributed by atoms with Gasteiger partial charge in [0, 0.05) is 43.5 Å². The van der Waals surface area contributed by atoms with Gasteiger partial charge in [-0.1, -0.05) is 25.1 Å². The summed E-state index contributed by atoms with van der Waals surface area (Å²) in [7, 11) is 0. The number of rotatable bonds is 8. The molecule has 148 valence electrons. The lowest BCUT2D eigenvalue weighted by Crippen LogP contribution is -2.48. The van der Waals surface area contributed by atoms with Crippen molar-refractivity contribution in [2.45, 2.75) is 58.3 Å². The fourth-order valence-electron chi connectivity index (χ4n) is 3.75. The van der Waals surface area contributed by atoms with Gasteiger partial charge in [0.25, 0.3) is 0 Å². The molecule has 3 rings (SSSR count). The van der Waals surface area contributed by atoms with Gasteiger partial charge in [0.05, 0.1) is 17.8 Å². The van der Waals surface area contributed by atoms with E-state index in [1.54, 1.807) is 12.1 Å². The van der Waals surface area contributed by atoms with Crippen LogP contribution in [0.2, 0.25) is 0 Å². The van der Waals surface area contributed by atoms with Crippen LogP contribution >= 0.6 is 0 Å². The molecule has 1 aromatic heterocycles. The van der Waals surface area contributed by atoms with Gasteiger partial charge in [-0.3, -0.25) is 9.58 Å². The summed E-state index contributed by atoms with van der Waals surface area (Å²) in [6, 6.07) is 6.84. The van der Waals surface area contributed by atoms with E-state index in [0.29, 0.717) is 18.7 Å². The number of halogens is 1. The van der Waals surface area contributed by atoms with Crippen molar-refractivity contribution in [2.24, 2.45) is 0 Å². The van der Waals surface area contributed by atoms with E-state index >= 15 is 0 Å². The number of hydrogen-bond acceptors (Lipinski definition) is 4. The first kappa shape index (κ1) is 20.0. The molecule has 2 heterocycles. The molecule has 0 aliphatic carbocycles. The van der Waals surface area contributed by atoms with Gasteiger partial charge in [-0.15, -0.1) is 0 Å². The zero-order chi connectivity index (χ0) is 19.3. The quantitative estimate of drug-likeness (QED) is 0.746. The summed E-state index contributed by atoms with van der Waals surface area (Å²) < 4.78 is 15.7. The third-order valence-electron chi connectivity index (χ3n) is 5.57. The van der Waals surface area contributed by atoms with Crippen LogP contribution in [0.4, 0.5) is 4.39 Å². The predicted octanol–water partition coefficient (Wildman–Crippen LogP) is 2.86. The second-order valence-corrected chi connectivity index (χ2v) is 7.66. The Labute approximate surface area is 161 Å². The number of aryl methyl sites for hydroxylation is 1. The van der Waals surface area contributed by atoms with Crippen LogP contribution in [0.5, 0.6) is 0 Å². The lowest BCUT2D eigenvalue weighted by atomic mass is 9.90. The second kappa shape index (κ2) is 8.95. The number of hydrogen-bond donors (Lipinski definition) is 2. The Bertz CT molecular complexity index is 748. The molecule has 1 atom stereocenters. The fourth-order valence-corrected chi connectivity index (χ4v) is 3.75. The molecule has 1 aliphatic rings. The van der Waals surface area contributed by atoms with Gasteiger partial charge in [0.2, 0.25) is 0 Å². The number of aliphatic hydroxyl groups is 1. The smallest absolute Gasteiger partial charge is 0.127 e. The standard InChI is InChI=1S/C21H31FN4O/c1-3-21(27)9-6-10-25(16-21)11-12-26-15-19(17(2)24-26)14-23-13-18-7-4-5-8-20(18)22/h4-5,7-8,15,23,27H,3,6,9-14,16H2,1-2H3. The highest BCUT2D eigenvalue weighted by molar-refractivity contribution is 5.18. The normalized spacial score (nSPS) is 20.9. The molecule has 5 nitrogen and oxygen atoms in total. The summed E-state index contributed by atoms with van der Waals surface area (Å²) in [5.74, 6) is -0.175. The zero-order valence-corrected chi connectivity index (χ0v) is 16.4. The molecule has 6 heteroatoms. The molecule has 1 aliphatic heterocycles. The Hall–Kier alpha value is -1.76. The molecule has 1 fully saturated rings. The van der Waals surface area contributed by atoms with Crippen LogP contribution in [0.25, 0.3) is 0 Å². The van der Waals surface area contributed by atoms with E-state index in [-0.39, 0.29) is 5.82 Å². The van der Waals surface area contributed by atoms with E-state index in [9.17, 15) is 9.50 Å². The number of likely N-dealkylation sites (tertiary alicyclic amines) is 1. The van der Waals surface area contributed by atoms with E-state index in [1.807, 2.05) is 17.7 Å². The Kier molecular flexibility index (Phi) is 6.63. The van der Waals surface area contributed by atoms with Gasteiger partial charge in [0.1, 0.15) is 5.82 Å². The highest BCUT2D eigenvalue weighted by Crippen LogP contribution is 2.23. The van der Waals surface area contributed by atoms with Crippen molar-refractivity contribution in [1.29, 1.82) is 0 Å². The number of piperidine rings is 1. The minimum Gasteiger partial charge on any atom is -0.389 e. The Balaban J connectivity index is 1.48. The van der Waals surface area contributed by atoms with Gasteiger partial charge in [-0.05, 0) is 38.8 Å². The first-order valence-electron chi connectivity index (χ1n) is 9.91. The van der Waals surface area contributed by atoms with Gasteiger partial charge >= 0.3 is 0 Å². The van der Waals surface area contributed by atoms with Crippen molar-refractivity contribution in [2.75, 3.05) is 19.6 Å². The van der Waals surface area contributed by atoms with E-state index < -0.39 is 5.60 Å². The first-order valence-corrected chi connectivity index (χ1v) is 9.91. The molecule has 1 aromatic carbocycles. The molecule has 1 saturated heterocycles. The van der Waals surface area contributed by atoms with E-state index in [1.165, 1.54) is 6.07 Å². The van der Waals surface area contributed by atoms with Crippen molar-refractivity contribution >= 4 is 0 Å². The predicted molar refractivity (Wildman–Crippen MR) is 105 cm³/mol. The third-order valence-corrected chi connectivity index (χ3v) is 5.57. The van der Waals surface area contributed by atoms with Gasteiger partial charge in [-0.25, -0.2) is 4.39 Å². The van der Waals surface area contributed by atoms with Crippen molar-refractivity contribution < 1.29 is 9.50 Å². The van der Waals surface area contributed by atoms with Crippen LogP contribution in [0.1, 0.15) is 43.0 Å². The average Bonchev–Trinajstić information content (AvgIpc) is 3.01. The summed E-state index contributed by atoms with van der Waals surface area (Å²) in [5, 5.41) is 18.4. The van der Waals surface area contributed by atoms with Gasteiger partial charge < -0.3 is 10.4 Å². The maximum Gasteiger partial charge on any atom is 0.127 e. The fraction of sp³-hybridized carbons (Fsp3) is 0.571. The molecule has 2 aromatic rings. The first-order chi connectivity index (χ1) is 13.0. The molecule has 0 spiro atoms. The lowest BCUT2D eigenvalue weighted by molar-refractivity contribution is -0.0342. The second-order valence-electron chi connectivity index (χ2n) is 7.66. The molecule has 0 radical (unpaired) electrons. The number of nitrogens with one attached hydrogen (secondary N) is 1. The van der Waals surface area contributed by atoms with Crippen LogP contribution in [-0.2, 0) is 19.6 Å². The highest BCUT2D eigenvalue weighted by atomic mass is 19.1. The Morgan fingerprint density at radius 1 is 1.22 bits per heavy atom. The molecule has 0 saturated carbocycles. The molecule has 2 N–H and O–H groups in total. The zero-order valence-electron chi connectivity index (χ0n) is 16.4. The molecular formula is C21H31FN4O. The Morgan fingerprint density at radius 3 is 2.78 bits per heavy atom. The van der Waals surface area contributed by atoms with E-state index in [0.717, 1.165) is 56.7 Å². The molecule has 0 amide bonds. The monoisotopic (exact) mass is 374 g/mol. The van der Waals surface area contributed by atoms with Crippen molar-refractivity contribution in [3.8, 4) is 0 Å². The number of β-amino-alcohol motifs (C(OH)–C–C–N with tert-alkyl or cyclic N) is 1. The van der Waals surface area contributed by atoms with Crippen molar-refractivity contribution in [1.82, 2.24) is 20.0 Å². The summed E-state index contributed by atoms with van der Waals surface area (Å²) in [5.41, 5.74) is 2.28. The highest BCUT2D eigenvalue weighted by Gasteiger charge is 2.31. The van der Waals surface area contributed by atoms with Crippen LogP contribution in [0, 0.1) is 12.7 Å². The number of aromatic nitrogens is 2. The largest absolute Gasteiger partial charge is 0.389 e. The molecule has 27 heavy (non-hydrogen) atoms. The Morgan fingerprint density at radius 2 is 2.00 bits per heavy atom. The summed E-state index contributed by atoms with van der Waals surface area (Å²) in [6.45, 7) is 8.73. The maximum atomic E-state index is 13.7. The van der Waals surface area contributed by atoms with Crippen LogP contribution in [0.15, 0.2) is 30.5 Å². The lowest BCUT2D eigenvalue weighted by Gasteiger charge is -2.38.